The lowest BCUT2D eigenvalue weighted by Gasteiger charge is -2.01. The molecule has 1 aromatic heterocycles. The Bertz CT molecular complexity index is 504. The molecule has 1 heterocycles. The standard InChI is InChI=1S/C11H14N4O2/c1-6(16-2)10-14-11(17-15-10)7-3-8(12)5-9(13)4-7/h3-6H,12-13H2,1-2H3. The summed E-state index contributed by atoms with van der Waals surface area (Å²) in [4.78, 5) is 4.22. The molecule has 0 spiro atoms. The summed E-state index contributed by atoms with van der Waals surface area (Å²) in [5.74, 6) is 0.867. The van der Waals surface area contributed by atoms with Crippen molar-refractivity contribution >= 4 is 11.4 Å². The third-order valence-electron chi connectivity index (χ3n) is 2.38. The van der Waals surface area contributed by atoms with E-state index in [0.29, 0.717) is 28.7 Å². The summed E-state index contributed by atoms with van der Waals surface area (Å²) >= 11 is 0. The fraction of sp³-hybridized carbons (Fsp3) is 0.273. The monoisotopic (exact) mass is 234 g/mol. The second-order valence-electron chi connectivity index (χ2n) is 3.72. The van der Waals surface area contributed by atoms with Crippen LogP contribution in [-0.2, 0) is 4.74 Å². The van der Waals surface area contributed by atoms with E-state index >= 15 is 0 Å². The Morgan fingerprint density at radius 3 is 2.47 bits per heavy atom. The van der Waals surface area contributed by atoms with Crippen LogP contribution in [0.2, 0.25) is 0 Å². The van der Waals surface area contributed by atoms with Gasteiger partial charge in [-0.15, -0.1) is 0 Å². The number of ether oxygens (including phenoxy) is 1. The molecule has 6 heteroatoms. The van der Waals surface area contributed by atoms with Gasteiger partial charge in [0.25, 0.3) is 5.89 Å². The first-order chi connectivity index (χ1) is 8.10. The Kier molecular flexibility index (Phi) is 2.97. The highest BCUT2D eigenvalue weighted by molar-refractivity contribution is 5.67. The molecule has 0 radical (unpaired) electrons. The van der Waals surface area contributed by atoms with Gasteiger partial charge in [0.05, 0.1) is 0 Å². The number of nitrogen functional groups attached to an aromatic ring is 2. The molecule has 17 heavy (non-hydrogen) atoms. The van der Waals surface area contributed by atoms with Crippen molar-refractivity contribution in [1.29, 1.82) is 0 Å². The molecule has 0 amide bonds. The highest BCUT2D eigenvalue weighted by Crippen LogP contribution is 2.24. The van der Waals surface area contributed by atoms with E-state index in [1.807, 2.05) is 6.92 Å². The second-order valence-corrected chi connectivity index (χ2v) is 3.72. The number of hydrogen-bond acceptors (Lipinski definition) is 6. The van der Waals surface area contributed by atoms with Gasteiger partial charge in [-0.2, -0.15) is 4.98 Å². The normalized spacial score (nSPS) is 12.6. The summed E-state index contributed by atoms with van der Waals surface area (Å²) in [5.41, 5.74) is 13.2. The highest BCUT2D eigenvalue weighted by atomic mass is 16.5. The maximum Gasteiger partial charge on any atom is 0.258 e. The van der Waals surface area contributed by atoms with Crippen LogP contribution in [-0.4, -0.2) is 17.3 Å². The number of rotatable bonds is 3. The van der Waals surface area contributed by atoms with Gasteiger partial charge in [0, 0.05) is 24.0 Å². The third-order valence-corrected chi connectivity index (χ3v) is 2.38. The van der Waals surface area contributed by atoms with E-state index in [0.717, 1.165) is 0 Å². The Morgan fingerprint density at radius 1 is 1.24 bits per heavy atom. The molecular formula is C11H14N4O2. The van der Waals surface area contributed by atoms with Gasteiger partial charge in [0.15, 0.2) is 0 Å². The average molecular weight is 234 g/mol. The smallest absolute Gasteiger partial charge is 0.258 e. The van der Waals surface area contributed by atoms with E-state index in [1.165, 1.54) is 0 Å². The fourth-order valence-electron chi connectivity index (χ4n) is 1.42. The maximum atomic E-state index is 5.70. The molecule has 0 bridgehead atoms. The minimum atomic E-state index is -0.217. The zero-order valence-corrected chi connectivity index (χ0v) is 9.68. The number of hydrogen-bond donors (Lipinski definition) is 2. The van der Waals surface area contributed by atoms with Gasteiger partial charge in [-0.1, -0.05) is 5.16 Å². The van der Waals surface area contributed by atoms with Crippen LogP contribution in [0.25, 0.3) is 11.5 Å². The summed E-state index contributed by atoms with van der Waals surface area (Å²) < 4.78 is 10.2. The van der Waals surface area contributed by atoms with E-state index in [4.69, 9.17) is 20.7 Å². The van der Waals surface area contributed by atoms with E-state index in [2.05, 4.69) is 10.1 Å². The molecule has 1 unspecified atom stereocenters. The lowest BCUT2D eigenvalue weighted by Crippen LogP contribution is -1.97. The minimum Gasteiger partial charge on any atom is -0.399 e. The van der Waals surface area contributed by atoms with Gasteiger partial charge >= 0.3 is 0 Å². The Labute approximate surface area is 98.6 Å². The summed E-state index contributed by atoms with van der Waals surface area (Å²) in [5, 5.41) is 3.83. The van der Waals surface area contributed by atoms with Crippen LogP contribution >= 0.6 is 0 Å². The van der Waals surface area contributed by atoms with E-state index in [9.17, 15) is 0 Å². The number of nitrogens with two attached hydrogens (primary N) is 2. The molecule has 1 atom stereocenters. The molecular weight excluding hydrogens is 220 g/mol. The number of nitrogens with zero attached hydrogens (tertiary/aromatic N) is 2. The number of aromatic nitrogens is 2. The summed E-state index contributed by atoms with van der Waals surface area (Å²) in [6.45, 7) is 1.84. The molecule has 0 aliphatic rings. The van der Waals surface area contributed by atoms with Crippen LogP contribution in [0, 0.1) is 0 Å². The van der Waals surface area contributed by atoms with Gasteiger partial charge in [-0.05, 0) is 25.1 Å². The van der Waals surface area contributed by atoms with Crippen LogP contribution in [0.3, 0.4) is 0 Å². The van der Waals surface area contributed by atoms with Crippen LogP contribution in [0.15, 0.2) is 22.7 Å². The van der Waals surface area contributed by atoms with E-state index in [-0.39, 0.29) is 6.10 Å². The first-order valence-corrected chi connectivity index (χ1v) is 5.13. The predicted molar refractivity (Wildman–Crippen MR) is 64.0 cm³/mol. The minimum absolute atomic E-state index is 0.217. The lowest BCUT2D eigenvalue weighted by molar-refractivity contribution is 0.109. The molecule has 90 valence electrons. The van der Waals surface area contributed by atoms with Crippen LogP contribution in [0.4, 0.5) is 11.4 Å². The van der Waals surface area contributed by atoms with Crippen molar-refractivity contribution in [2.45, 2.75) is 13.0 Å². The first kappa shape index (κ1) is 11.4. The summed E-state index contributed by atoms with van der Waals surface area (Å²) in [7, 11) is 1.58. The SMILES string of the molecule is COC(C)c1noc(-c2cc(N)cc(N)c2)n1. The van der Waals surface area contributed by atoms with Crippen molar-refractivity contribution < 1.29 is 9.26 Å². The van der Waals surface area contributed by atoms with Crippen LogP contribution < -0.4 is 11.5 Å². The quantitative estimate of drug-likeness (QED) is 0.782. The Balaban J connectivity index is 2.36. The number of methoxy groups -OCH3 is 1. The largest absolute Gasteiger partial charge is 0.399 e. The van der Waals surface area contributed by atoms with Gasteiger partial charge in [0.1, 0.15) is 6.10 Å². The second kappa shape index (κ2) is 4.42. The maximum absolute atomic E-state index is 5.70. The van der Waals surface area contributed by atoms with E-state index in [1.54, 1.807) is 25.3 Å². The molecule has 1 aromatic carbocycles. The third kappa shape index (κ3) is 2.36. The fourth-order valence-corrected chi connectivity index (χ4v) is 1.42. The number of anilines is 2. The van der Waals surface area contributed by atoms with E-state index < -0.39 is 0 Å². The molecule has 2 aromatic rings. The topological polar surface area (TPSA) is 100 Å². The Hall–Kier alpha value is -2.08. The molecule has 0 aliphatic heterocycles. The van der Waals surface area contributed by atoms with Crippen molar-refractivity contribution in [2.24, 2.45) is 0 Å². The average Bonchev–Trinajstić information content (AvgIpc) is 2.76. The van der Waals surface area contributed by atoms with Gasteiger partial charge in [-0.3, -0.25) is 0 Å². The summed E-state index contributed by atoms with van der Waals surface area (Å²) in [6.07, 6.45) is -0.217. The lowest BCUT2D eigenvalue weighted by atomic mass is 10.2. The zero-order chi connectivity index (χ0) is 12.4. The molecule has 0 fully saturated rings. The first-order valence-electron chi connectivity index (χ1n) is 5.13. The molecule has 2 rings (SSSR count). The molecule has 0 saturated carbocycles. The van der Waals surface area contributed by atoms with Crippen LogP contribution in [0.5, 0.6) is 0 Å². The highest BCUT2D eigenvalue weighted by Gasteiger charge is 2.14. The molecule has 4 N–H and O–H groups in total. The predicted octanol–water partition coefficient (Wildman–Crippen LogP) is 1.61. The van der Waals surface area contributed by atoms with Crippen LogP contribution in [0.1, 0.15) is 18.9 Å². The molecule has 6 nitrogen and oxygen atoms in total. The Morgan fingerprint density at radius 2 is 1.88 bits per heavy atom. The van der Waals surface area contributed by atoms with Crippen molar-refractivity contribution in [3.05, 3.63) is 24.0 Å². The van der Waals surface area contributed by atoms with Crippen molar-refractivity contribution in [2.75, 3.05) is 18.6 Å². The van der Waals surface area contributed by atoms with Gasteiger partial charge in [-0.25, -0.2) is 0 Å². The number of benzene rings is 1. The van der Waals surface area contributed by atoms with Crippen molar-refractivity contribution in [3.63, 3.8) is 0 Å². The van der Waals surface area contributed by atoms with Crippen molar-refractivity contribution in [3.8, 4) is 11.5 Å². The van der Waals surface area contributed by atoms with Gasteiger partial charge in [0.2, 0.25) is 5.82 Å². The summed E-state index contributed by atoms with van der Waals surface area (Å²) in [6, 6.07) is 5.12. The van der Waals surface area contributed by atoms with Gasteiger partial charge < -0.3 is 20.7 Å². The molecule has 0 aliphatic carbocycles. The zero-order valence-electron chi connectivity index (χ0n) is 9.68. The van der Waals surface area contributed by atoms with Crippen molar-refractivity contribution in [1.82, 2.24) is 10.1 Å². The molecule has 0 saturated heterocycles.